The Bertz CT molecular complexity index is 486. The Morgan fingerprint density at radius 1 is 1.74 bits per heavy atom. The molecular formula is C11H13N3O4S. The number of rotatable bonds is 4. The monoisotopic (exact) mass is 283 g/mol. The van der Waals surface area contributed by atoms with Crippen LogP contribution in [0, 0.1) is 5.92 Å². The number of carboxylic acids is 1. The molecule has 0 aromatic rings. The summed E-state index contributed by atoms with van der Waals surface area (Å²) in [5.74, 6) is -0.370. The van der Waals surface area contributed by atoms with Crippen LogP contribution in [0.15, 0.2) is 22.0 Å². The molecule has 0 saturated carbocycles. The summed E-state index contributed by atoms with van der Waals surface area (Å²) in [6.07, 6.45) is 3.16. The number of carbonyl (C=O) groups is 2. The van der Waals surface area contributed by atoms with Crippen molar-refractivity contribution < 1.29 is 19.4 Å². The molecule has 8 heteroatoms. The highest BCUT2D eigenvalue weighted by Crippen LogP contribution is 2.22. The van der Waals surface area contributed by atoms with Gasteiger partial charge >= 0.3 is 5.97 Å². The van der Waals surface area contributed by atoms with Gasteiger partial charge in [0.2, 0.25) is 5.91 Å². The van der Waals surface area contributed by atoms with E-state index < -0.39 is 11.2 Å². The molecule has 0 aromatic carbocycles. The summed E-state index contributed by atoms with van der Waals surface area (Å²) in [4.78, 5) is 22.0. The van der Waals surface area contributed by atoms with Gasteiger partial charge in [0.25, 0.3) is 0 Å². The Morgan fingerprint density at radius 3 is 3.16 bits per heavy atom. The molecule has 2 heterocycles. The second kappa shape index (κ2) is 5.87. The maximum Gasteiger partial charge on any atom is 0.305 e. The van der Waals surface area contributed by atoms with E-state index in [2.05, 4.69) is 15.5 Å². The fourth-order valence-electron chi connectivity index (χ4n) is 1.57. The van der Waals surface area contributed by atoms with Gasteiger partial charge in [-0.2, -0.15) is 5.10 Å². The highest BCUT2D eigenvalue weighted by molar-refractivity contribution is 8.15. The van der Waals surface area contributed by atoms with Crippen LogP contribution in [0.2, 0.25) is 0 Å². The Hall–Kier alpha value is -1.83. The zero-order chi connectivity index (χ0) is 13.8. The number of ether oxygens (including phenoxy) is 1. The first-order valence-electron chi connectivity index (χ1n) is 5.69. The zero-order valence-corrected chi connectivity index (χ0v) is 11.0. The fourth-order valence-corrected chi connectivity index (χ4v) is 2.48. The number of carbonyl (C=O) groups excluding carboxylic acids is 1. The maximum atomic E-state index is 11.4. The van der Waals surface area contributed by atoms with Crippen molar-refractivity contribution in [1.29, 1.82) is 0 Å². The highest BCUT2D eigenvalue weighted by atomic mass is 32.2. The molecule has 0 bridgehead atoms. The first kappa shape index (κ1) is 13.6. The summed E-state index contributed by atoms with van der Waals surface area (Å²) in [7, 11) is 0. The van der Waals surface area contributed by atoms with Crippen molar-refractivity contribution in [3.05, 3.63) is 11.8 Å². The van der Waals surface area contributed by atoms with E-state index in [0.717, 1.165) is 11.8 Å². The quantitative estimate of drug-likeness (QED) is 0.581. The summed E-state index contributed by atoms with van der Waals surface area (Å²) in [6.45, 7) is 2.65. The molecule has 1 amide bonds. The van der Waals surface area contributed by atoms with Crippen LogP contribution < -0.4 is 5.32 Å². The lowest BCUT2D eigenvalue weighted by molar-refractivity contribution is -0.138. The molecule has 0 spiro atoms. The molecule has 2 rings (SSSR count). The summed E-state index contributed by atoms with van der Waals surface area (Å²) in [5, 5.41) is 18.4. The van der Waals surface area contributed by atoms with E-state index in [0.29, 0.717) is 23.5 Å². The molecule has 1 fully saturated rings. The van der Waals surface area contributed by atoms with E-state index in [1.807, 2.05) is 13.0 Å². The molecular weight excluding hydrogens is 270 g/mol. The van der Waals surface area contributed by atoms with Gasteiger partial charge in [0.1, 0.15) is 11.0 Å². The van der Waals surface area contributed by atoms with Crippen LogP contribution in [0.5, 0.6) is 0 Å². The van der Waals surface area contributed by atoms with Gasteiger partial charge in [-0.3, -0.25) is 9.59 Å². The summed E-state index contributed by atoms with van der Waals surface area (Å²) in [5.41, 5.74) is 0. The largest absolute Gasteiger partial charge is 0.492 e. The molecule has 2 N–H and O–H groups in total. The van der Waals surface area contributed by atoms with Crippen molar-refractivity contribution in [2.45, 2.75) is 18.6 Å². The van der Waals surface area contributed by atoms with Gasteiger partial charge in [0.15, 0.2) is 5.17 Å². The maximum absolute atomic E-state index is 11.4. The molecule has 2 unspecified atom stereocenters. The molecule has 2 aliphatic heterocycles. The Morgan fingerprint density at radius 2 is 2.53 bits per heavy atom. The van der Waals surface area contributed by atoms with E-state index in [-0.39, 0.29) is 12.3 Å². The highest BCUT2D eigenvalue weighted by Gasteiger charge is 2.32. The average molecular weight is 283 g/mol. The predicted molar refractivity (Wildman–Crippen MR) is 70.9 cm³/mol. The van der Waals surface area contributed by atoms with Crippen LogP contribution in [-0.4, -0.2) is 40.2 Å². The van der Waals surface area contributed by atoms with Crippen LogP contribution in [0.25, 0.3) is 0 Å². The van der Waals surface area contributed by atoms with Crippen LogP contribution in [0.4, 0.5) is 0 Å². The van der Waals surface area contributed by atoms with Gasteiger partial charge in [-0.15, -0.1) is 5.10 Å². The predicted octanol–water partition coefficient (Wildman–Crippen LogP) is 0.585. The first-order chi connectivity index (χ1) is 9.04. The van der Waals surface area contributed by atoms with Gasteiger partial charge in [0, 0.05) is 5.92 Å². The molecule has 2 atom stereocenters. The molecule has 102 valence electrons. The standard InChI is InChI=1S/C11H13N3O4S/c1-6-2-7(18-5-6)4-12-14-11-13-10(17)8(19-11)3-9(15)16/h2,4,6,8H,3,5H2,1H3,(H,15,16)(H,13,14,17)/b12-4+. The molecule has 19 heavy (non-hydrogen) atoms. The number of hydrogen-bond acceptors (Lipinski definition) is 6. The number of hydrogen-bond donors (Lipinski definition) is 2. The second-order valence-electron chi connectivity index (χ2n) is 4.20. The third-order valence-electron chi connectivity index (χ3n) is 2.43. The average Bonchev–Trinajstić information content (AvgIpc) is 2.86. The number of nitrogens with zero attached hydrogens (tertiary/aromatic N) is 2. The number of aliphatic carboxylic acids is 1. The van der Waals surface area contributed by atoms with E-state index in [4.69, 9.17) is 9.84 Å². The van der Waals surface area contributed by atoms with Gasteiger partial charge < -0.3 is 15.2 Å². The molecule has 1 saturated heterocycles. The Kier molecular flexibility index (Phi) is 4.20. The van der Waals surface area contributed by atoms with Gasteiger partial charge in [-0.05, 0) is 6.08 Å². The number of amidine groups is 1. The van der Waals surface area contributed by atoms with Crippen molar-refractivity contribution in [3.63, 3.8) is 0 Å². The van der Waals surface area contributed by atoms with Crippen LogP contribution in [0.1, 0.15) is 13.3 Å². The minimum Gasteiger partial charge on any atom is -0.492 e. The lowest BCUT2D eigenvalue weighted by Gasteiger charge is -1.97. The van der Waals surface area contributed by atoms with Crippen molar-refractivity contribution in [2.75, 3.05) is 6.61 Å². The van der Waals surface area contributed by atoms with Gasteiger partial charge in [-0.25, -0.2) is 0 Å². The van der Waals surface area contributed by atoms with Crippen LogP contribution >= 0.6 is 11.8 Å². The minimum atomic E-state index is -1.02. The third-order valence-corrected chi connectivity index (χ3v) is 3.50. The number of nitrogens with one attached hydrogen (secondary N) is 1. The van der Waals surface area contributed by atoms with Gasteiger partial charge in [-0.1, -0.05) is 18.7 Å². The van der Waals surface area contributed by atoms with Crippen LogP contribution in [-0.2, 0) is 14.3 Å². The Balaban J connectivity index is 1.91. The topological polar surface area (TPSA) is 100 Å². The number of carboxylic acid groups (broad SMARTS) is 1. The second-order valence-corrected chi connectivity index (χ2v) is 5.39. The number of amides is 1. The Labute approximate surface area is 113 Å². The summed E-state index contributed by atoms with van der Waals surface area (Å²) >= 11 is 1.06. The molecule has 0 aliphatic carbocycles. The lowest BCUT2D eigenvalue weighted by Crippen LogP contribution is -2.26. The van der Waals surface area contributed by atoms with E-state index >= 15 is 0 Å². The first-order valence-corrected chi connectivity index (χ1v) is 6.57. The van der Waals surface area contributed by atoms with E-state index in [1.165, 1.54) is 6.21 Å². The van der Waals surface area contributed by atoms with E-state index in [1.54, 1.807) is 0 Å². The van der Waals surface area contributed by atoms with Crippen molar-refractivity contribution in [1.82, 2.24) is 5.32 Å². The third kappa shape index (κ3) is 3.82. The lowest BCUT2D eigenvalue weighted by atomic mass is 10.2. The number of thioether (sulfide) groups is 1. The van der Waals surface area contributed by atoms with Gasteiger partial charge in [0.05, 0.1) is 19.2 Å². The summed E-state index contributed by atoms with van der Waals surface area (Å²) in [6, 6.07) is 0. The van der Waals surface area contributed by atoms with Crippen molar-refractivity contribution in [2.24, 2.45) is 16.1 Å². The van der Waals surface area contributed by atoms with E-state index in [9.17, 15) is 9.59 Å². The fraction of sp³-hybridized carbons (Fsp3) is 0.455. The molecule has 7 nitrogen and oxygen atoms in total. The molecule has 0 aromatic heterocycles. The molecule has 0 radical (unpaired) electrons. The zero-order valence-electron chi connectivity index (χ0n) is 10.2. The van der Waals surface area contributed by atoms with Crippen LogP contribution in [0.3, 0.4) is 0 Å². The normalized spacial score (nSPS) is 28.6. The minimum absolute atomic E-state index is 0.231. The smallest absolute Gasteiger partial charge is 0.305 e. The van der Waals surface area contributed by atoms with Crippen molar-refractivity contribution >= 4 is 35.0 Å². The SMILES string of the molecule is CC1C=C(/C=N/N=C2\NC(=O)C(CC(=O)O)S2)OC1. The molecule has 2 aliphatic rings. The summed E-state index contributed by atoms with van der Waals surface area (Å²) < 4.78 is 5.30. The number of allylic oxidation sites excluding steroid dienone is 1. The van der Waals surface area contributed by atoms with Crippen molar-refractivity contribution in [3.8, 4) is 0 Å².